The first-order valence-corrected chi connectivity index (χ1v) is 6.69. The van der Waals surface area contributed by atoms with E-state index in [1.54, 1.807) is 12.3 Å². The first kappa shape index (κ1) is 13.1. The van der Waals surface area contributed by atoms with Crippen LogP contribution in [0.2, 0.25) is 0 Å². The van der Waals surface area contributed by atoms with Gasteiger partial charge in [0.1, 0.15) is 0 Å². The molecule has 1 atom stereocenters. The second kappa shape index (κ2) is 6.54. The molecule has 2 heterocycles. The summed E-state index contributed by atoms with van der Waals surface area (Å²) in [6.07, 6.45) is 5.60. The molecule has 0 aromatic carbocycles. The van der Waals surface area contributed by atoms with Gasteiger partial charge in [-0.2, -0.15) is 4.98 Å². The SMILES string of the molecule is CCOc1ccnc(NCC2CCCCN2C)n1. The minimum absolute atomic E-state index is 0.582. The molecule has 1 N–H and O–H groups in total. The van der Waals surface area contributed by atoms with E-state index in [1.807, 2.05) is 6.92 Å². The number of nitrogens with one attached hydrogen (secondary N) is 1. The maximum atomic E-state index is 5.36. The lowest BCUT2D eigenvalue weighted by atomic mass is 10.0. The van der Waals surface area contributed by atoms with Gasteiger partial charge in [-0.3, -0.25) is 0 Å². The van der Waals surface area contributed by atoms with Gasteiger partial charge in [0.2, 0.25) is 11.8 Å². The Morgan fingerprint density at radius 3 is 3.17 bits per heavy atom. The first-order chi connectivity index (χ1) is 8.79. The van der Waals surface area contributed by atoms with Crippen LogP contribution < -0.4 is 10.1 Å². The number of aromatic nitrogens is 2. The van der Waals surface area contributed by atoms with Crippen molar-refractivity contribution in [1.29, 1.82) is 0 Å². The molecule has 0 bridgehead atoms. The third kappa shape index (κ3) is 3.57. The number of piperidine rings is 1. The molecule has 1 unspecified atom stereocenters. The van der Waals surface area contributed by atoms with Crippen molar-refractivity contribution in [2.45, 2.75) is 32.2 Å². The predicted octanol–water partition coefficient (Wildman–Crippen LogP) is 1.77. The minimum Gasteiger partial charge on any atom is -0.478 e. The quantitative estimate of drug-likeness (QED) is 0.863. The molecule has 1 fully saturated rings. The third-order valence-electron chi connectivity index (χ3n) is 3.34. The van der Waals surface area contributed by atoms with Crippen LogP contribution in [-0.2, 0) is 0 Å². The summed E-state index contributed by atoms with van der Waals surface area (Å²) in [5.74, 6) is 1.28. The number of anilines is 1. The van der Waals surface area contributed by atoms with Gasteiger partial charge < -0.3 is 15.0 Å². The Labute approximate surface area is 109 Å². The van der Waals surface area contributed by atoms with Crippen LogP contribution in [-0.4, -0.2) is 47.7 Å². The molecule has 100 valence electrons. The van der Waals surface area contributed by atoms with Gasteiger partial charge >= 0.3 is 0 Å². The minimum atomic E-state index is 0.582. The van der Waals surface area contributed by atoms with Crippen LogP contribution in [0.25, 0.3) is 0 Å². The summed E-state index contributed by atoms with van der Waals surface area (Å²) in [6, 6.07) is 2.36. The van der Waals surface area contributed by atoms with E-state index in [-0.39, 0.29) is 0 Å². The molecule has 5 heteroatoms. The summed E-state index contributed by atoms with van der Waals surface area (Å²) < 4.78 is 5.36. The van der Waals surface area contributed by atoms with Crippen molar-refractivity contribution in [1.82, 2.24) is 14.9 Å². The smallest absolute Gasteiger partial charge is 0.225 e. The van der Waals surface area contributed by atoms with E-state index in [0.717, 1.165) is 6.54 Å². The van der Waals surface area contributed by atoms with Crippen LogP contribution in [0, 0.1) is 0 Å². The standard InChI is InChI=1S/C13H22N4O/c1-3-18-12-7-8-14-13(16-12)15-10-11-6-4-5-9-17(11)2/h7-8,11H,3-6,9-10H2,1-2H3,(H,14,15,16). The van der Waals surface area contributed by atoms with Gasteiger partial charge in [-0.15, -0.1) is 0 Å². The number of hydrogen-bond donors (Lipinski definition) is 1. The molecule has 1 aromatic heterocycles. The molecule has 1 aliphatic heterocycles. The summed E-state index contributed by atoms with van der Waals surface area (Å²) >= 11 is 0. The monoisotopic (exact) mass is 250 g/mol. The predicted molar refractivity (Wildman–Crippen MR) is 72.0 cm³/mol. The average molecular weight is 250 g/mol. The van der Waals surface area contributed by atoms with Gasteiger partial charge in [-0.05, 0) is 33.4 Å². The van der Waals surface area contributed by atoms with Gasteiger partial charge in [0, 0.05) is 24.8 Å². The Balaban J connectivity index is 1.87. The lowest BCUT2D eigenvalue weighted by molar-refractivity contribution is 0.194. The van der Waals surface area contributed by atoms with Gasteiger partial charge in [-0.25, -0.2) is 4.98 Å². The fourth-order valence-electron chi connectivity index (χ4n) is 2.27. The third-order valence-corrected chi connectivity index (χ3v) is 3.34. The van der Waals surface area contributed by atoms with Crippen molar-refractivity contribution in [3.8, 4) is 5.88 Å². The van der Waals surface area contributed by atoms with E-state index >= 15 is 0 Å². The molecule has 2 rings (SSSR count). The Morgan fingerprint density at radius 2 is 2.39 bits per heavy atom. The first-order valence-electron chi connectivity index (χ1n) is 6.69. The highest BCUT2D eigenvalue weighted by molar-refractivity contribution is 5.27. The summed E-state index contributed by atoms with van der Waals surface area (Å²) in [5, 5.41) is 3.30. The second-order valence-electron chi connectivity index (χ2n) is 4.66. The molecule has 18 heavy (non-hydrogen) atoms. The largest absolute Gasteiger partial charge is 0.478 e. The molecular weight excluding hydrogens is 228 g/mol. The molecule has 0 spiro atoms. The Hall–Kier alpha value is -1.36. The molecule has 1 aliphatic rings. The highest BCUT2D eigenvalue weighted by Crippen LogP contribution is 2.15. The normalized spacial score (nSPS) is 20.7. The number of hydrogen-bond acceptors (Lipinski definition) is 5. The summed E-state index contributed by atoms with van der Waals surface area (Å²) in [4.78, 5) is 10.9. The van der Waals surface area contributed by atoms with E-state index in [4.69, 9.17) is 4.74 Å². The van der Waals surface area contributed by atoms with Crippen LogP contribution in [0.3, 0.4) is 0 Å². The van der Waals surface area contributed by atoms with Crippen LogP contribution in [0.4, 0.5) is 5.95 Å². The molecule has 0 radical (unpaired) electrons. The van der Waals surface area contributed by atoms with E-state index in [0.29, 0.717) is 24.5 Å². The van der Waals surface area contributed by atoms with Crippen molar-refractivity contribution in [3.05, 3.63) is 12.3 Å². The number of ether oxygens (including phenoxy) is 1. The van der Waals surface area contributed by atoms with E-state index in [9.17, 15) is 0 Å². The lowest BCUT2D eigenvalue weighted by Crippen LogP contribution is -2.40. The summed E-state index contributed by atoms with van der Waals surface area (Å²) in [5.41, 5.74) is 0. The molecule has 1 saturated heterocycles. The van der Waals surface area contributed by atoms with Gasteiger partial charge in [0.05, 0.1) is 6.61 Å². The van der Waals surface area contributed by atoms with E-state index < -0.39 is 0 Å². The zero-order chi connectivity index (χ0) is 12.8. The Bertz CT molecular complexity index is 372. The zero-order valence-corrected chi connectivity index (χ0v) is 11.2. The van der Waals surface area contributed by atoms with Crippen LogP contribution in [0.15, 0.2) is 12.3 Å². The van der Waals surface area contributed by atoms with Gasteiger partial charge in [-0.1, -0.05) is 6.42 Å². The maximum absolute atomic E-state index is 5.36. The number of likely N-dealkylation sites (tertiary alicyclic amines) is 1. The van der Waals surface area contributed by atoms with E-state index in [2.05, 4.69) is 27.2 Å². The highest BCUT2D eigenvalue weighted by atomic mass is 16.5. The fourth-order valence-corrected chi connectivity index (χ4v) is 2.27. The Morgan fingerprint density at radius 1 is 1.50 bits per heavy atom. The van der Waals surface area contributed by atoms with Gasteiger partial charge in [0.15, 0.2) is 0 Å². The van der Waals surface area contributed by atoms with Crippen LogP contribution in [0.1, 0.15) is 26.2 Å². The van der Waals surface area contributed by atoms with Gasteiger partial charge in [0.25, 0.3) is 0 Å². The van der Waals surface area contributed by atoms with Crippen molar-refractivity contribution in [2.75, 3.05) is 32.1 Å². The number of nitrogens with zero attached hydrogens (tertiary/aromatic N) is 3. The number of likely N-dealkylation sites (N-methyl/N-ethyl adjacent to an activating group) is 1. The van der Waals surface area contributed by atoms with Crippen molar-refractivity contribution in [2.24, 2.45) is 0 Å². The molecular formula is C13H22N4O. The molecule has 0 saturated carbocycles. The van der Waals surface area contributed by atoms with Crippen LogP contribution in [0.5, 0.6) is 5.88 Å². The molecule has 5 nitrogen and oxygen atoms in total. The molecule has 1 aromatic rings. The van der Waals surface area contributed by atoms with Crippen LogP contribution >= 0.6 is 0 Å². The molecule has 0 amide bonds. The topological polar surface area (TPSA) is 50.3 Å². The number of rotatable bonds is 5. The highest BCUT2D eigenvalue weighted by Gasteiger charge is 2.18. The van der Waals surface area contributed by atoms with Crippen molar-refractivity contribution >= 4 is 5.95 Å². The van der Waals surface area contributed by atoms with Crippen molar-refractivity contribution < 1.29 is 4.74 Å². The summed E-state index contributed by atoms with van der Waals surface area (Å²) in [6.45, 7) is 4.66. The maximum Gasteiger partial charge on any atom is 0.225 e. The lowest BCUT2D eigenvalue weighted by Gasteiger charge is -2.32. The Kier molecular flexibility index (Phi) is 4.75. The summed E-state index contributed by atoms with van der Waals surface area (Å²) in [7, 11) is 2.18. The second-order valence-corrected chi connectivity index (χ2v) is 4.66. The van der Waals surface area contributed by atoms with E-state index in [1.165, 1.54) is 25.8 Å². The van der Waals surface area contributed by atoms with Crippen molar-refractivity contribution in [3.63, 3.8) is 0 Å². The zero-order valence-electron chi connectivity index (χ0n) is 11.2. The fraction of sp³-hybridized carbons (Fsp3) is 0.692. The average Bonchev–Trinajstić information content (AvgIpc) is 2.39. The molecule has 0 aliphatic carbocycles.